The standard InChI is InChI=1S/C16H25N3O/c1-2-11-18-16(17)19-12-13-7-3-6-10-15(13)20-14-8-4-5-9-14/h3,6-7,10,14H,2,4-5,8-9,11-12H2,1H3,(H3,17,18,19). The molecule has 0 unspecified atom stereocenters. The molecule has 110 valence electrons. The van der Waals surface area contributed by atoms with Gasteiger partial charge in [0.05, 0.1) is 12.6 Å². The maximum Gasteiger partial charge on any atom is 0.188 e. The minimum absolute atomic E-state index is 0.371. The first kappa shape index (κ1) is 14.7. The number of rotatable bonds is 6. The second kappa shape index (κ2) is 7.78. The number of ether oxygens (including phenoxy) is 1. The summed E-state index contributed by atoms with van der Waals surface area (Å²) < 4.78 is 6.09. The SMILES string of the molecule is CCCNC(N)=NCc1ccccc1OC1CCCC1. The van der Waals surface area contributed by atoms with Crippen molar-refractivity contribution in [2.24, 2.45) is 10.7 Å². The van der Waals surface area contributed by atoms with Crippen LogP contribution in [-0.2, 0) is 6.54 Å². The first-order valence-corrected chi connectivity index (χ1v) is 7.58. The van der Waals surface area contributed by atoms with Gasteiger partial charge in [0.25, 0.3) is 0 Å². The number of nitrogens with zero attached hydrogens (tertiary/aromatic N) is 1. The van der Waals surface area contributed by atoms with Crippen LogP contribution in [0.5, 0.6) is 5.75 Å². The van der Waals surface area contributed by atoms with Crippen molar-refractivity contribution in [3.63, 3.8) is 0 Å². The molecule has 0 bridgehead atoms. The first-order valence-electron chi connectivity index (χ1n) is 7.58. The predicted octanol–water partition coefficient (Wildman–Crippen LogP) is 2.82. The molecule has 0 spiro atoms. The van der Waals surface area contributed by atoms with Crippen molar-refractivity contribution in [1.82, 2.24) is 5.32 Å². The van der Waals surface area contributed by atoms with Gasteiger partial charge in [-0.15, -0.1) is 0 Å². The van der Waals surface area contributed by atoms with E-state index in [2.05, 4.69) is 23.3 Å². The summed E-state index contributed by atoms with van der Waals surface area (Å²) in [7, 11) is 0. The maximum absolute atomic E-state index is 6.09. The van der Waals surface area contributed by atoms with Crippen molar-refractivity contribution in [3.05, 3.63) is 29.8 Å². The highest BCUT2D eigenvalue weighted by Gasteiger charge is 2.17. The normalized spacial score (nSPS) is 16.4. The van der Waals surface area contributed by atoms with Gasteiger partial charge < -0.3 is 15.8 Å². The topological polar surface area (TPSA) is 59.6 Å². The smallest absolute Gasteiger partial charge is 0.188 e. The van der Waals surface area contributed by atoms with Crippen molar-refractivity contribution < 1.29 is 4.74 Å². The second-order valence-corrected chi connectivity index (χ2v) is 5.26. The highest BCUT2D eigenvalue weighted by atomic mass is 16.5. The Morgan fingerprint density at radius 1 is 1.35 bits per heavy atom. The Kier molecular flexibility index (Phi) is 5.71. The van der Waals surface area contributed by atoms with Gasteiger partial charge in [-0.25, -0.2) is 4.99 Å². The van der Waals surface area contributed by atoms with E-state index in [0.717, 1.165) is 37.1 Å². The molecule has 1 aromatic carbocycles. The van der Waals surface area contributed by atoms with E-state index in [0.29, 0.717) is 18.6 Å². The number of nitrogens with one attached hydrogen (secondary N) is 1. The molecule has 1 aromatic rings. The fourth-order valence-electron chi connectivity index (χ4n) is 2.41. The number of benzene rings is 1. The minimum atomic E-state index is 0.371. The van der Waals surface area contributed by atoms with Gasteiger partial charge in [0.15, 0.2) is 5.96 Å². The molecule has 4 nitrogen and oxygen atoms in total. The van der Waals surface area contributed by atoms with Gasteiger partial charge in [-0.3, -0.25) is 0 Å². The van der Waals surface area contributed by atoms with Crippen LogP contribution < -0.4 is 15.8 Å². The highest BCUT2D eigenvalue weighted by molar-refractivity contribution is 5.77. The quantitative estimate of drug-likeness (QED) is 0.620. The fraction of sp³-hybridized carbons (Fsp3) is 0.562. The molecule has 20 heavy (non-hydrogen) atoms. The van der Waals surface area contributed by atoms with Crippen LogP contribution in [0, 0.1) is 0 Å². The largest absolute Gasteiger partial charge is 0.490 e. The Morgan fingerprint density at radius 3 is 2.85 bits per heavy atom. The van der Waals surface area contributed by atoms with Crippen molar-refractivity contribution in [2.45, 2.75) is 51.7 Å². The van der Waals surface area contributed by atoms with Crippen molar-refractivity contribution in [2.75, 3.05) is 6.54 Å². The van der Waals surface area contributed by atoms with E-state index < -0.39 is 0 Å². The van der Waals surface area contributed by atoms with Gasteiger partial charge >= 0.3 is 0 Å². The van der Waals surface area contributed by atoms with E-state index in [4.69, 9.17) is 10.5 Å². The molecule has 0 aromatic heterocycles. The summed E-state index contributed by atoms with van der Waals surface area (Å²) in [5, 5.41) is 3.08. The highest BCUT2D eigenvalue weighted by Crippen LogP contribution is 2.26. The molecule has 1 fully saturated rings. The van der Waals surface area contributed by atoms with Crippen LogP contribution in [0.2, 0.25) is 0 Å². The zero-order valence-corrected chi connectivity index (χ0v) is 12.3. The van der Waals surface area contributed by atoms with Crippen LogP contribution in [0.25, 0.3) is 0 Å². The summed E-state index contributed by atoms with van der Waals surface area (Å²) in [6, 6.07) is 8.11. The zero-order chi connectivity index (χ0) is 14.2. The molecule has 1 aliphatic rings. The molecular weight excluding hydrogens is 250 g/mol. The number of aliphatic imine (C=N–C) groups is 1. The van der Waals surface area contributed by atoms with E-state index in [-0.39, 0.29) is 0 Å². The van der Waals surface area contributed by atoms with Crippen LogP contribution in [0.15, 0.2) is 29.3 Å². The van der Waals surface area contributed by atoms with Crippen LogP contribution in [-0.4, -0.2) is 18.6 Å². The van der Waals surface area contributed by atoms with E-state index in [1.165, 1.54) is 12.8 Å². The molecule has 0 aliphatic heterocycles. The molecule has 0 amide bonds. The summed E-state index contributed by atoms with van der Waals surface area (Å²) in [5.41, 5.74) is 6.92. The lowest BCUT2D eigenvalue weighted by Crippen LogP contribution is -2.32. The van der Waals surface area contributed by atoms with Gasteiger partial charge in [0, 0.05) is 12.1 Å². The van der Waals surface area contributed by atoms with Crippen molar-refractivity contribution in [1.29, 1.82) is 0 Å². The lowest BCUT2D eigenvalue weighted by molar-refractivity contribution is 0.208. The Morgan fingerprint density at radius 2 is 2.10 bits per heavy atom. The van der Waals surface area contributed by atoms with E-state index in [1.54, 1.807) is 0 Å². The molecule has 0 radical (unpaired) electrons. The van der Waals surface area contributed by atoms with Crippen LogP contribution in [0.1, 0.15) is 44.6 Å². The molecule has 1 aliphatic carbocycles. The Balaban J connectivity index is 1.96. The van der Waals surface area contributed by atoms with Crippen molar-refractivity contribution >= 4 is 5.96 Å². The second-order valence-electron chi connectivity index (χ2n) is 5.26. The number of hydrogen-bond acceptors (Lipinski definition) is 2. The molecule has 0 saturated heterocycles. The van der Waals surface area contributed by atoms with Gasteiger partial charge in [-0.2, -0.15) is 0 Å². The maximum atomic E-state index is 6.09. The van der Waals surface area contributed by atoms with Gasteiger partial charge in [-0.1, -0.05) is 25.1 Å². The number of guanidine groups is 1. The Bertz CT molecular complexity index is 439. The van der Waals surface area contributed by atoms with Gasteiger partial charge in [0.1, 0.15) is 5.75 Å². The summed E-state index contributed by atoms with van der Waals surface area (Å²) in [6.45, 7) is 3.52. The van der Waals surface area contributed by atoms with Gasteiger partial charge in [0.2, 0.25) is 0 Å². The molecule has 2 rings (SSSR count). The first-order chi connectivity index (χ1) is 9.79. The third kappa shape index (κ3) is 4.44. The third-order valence-electron chi connectivity index (χ3n) is 3.54. The van der Waals surface area contributed by atoms with E-state index in [1.807, 2.05) is 18.2 Å². The summed E-state index contributed by atoms with van der Waals surface area (Å²) in [5.74, 6) is 1.45. The molecule has 1 saturated carbocycles. The minimum Gasteiger partial charge on any atom is -0.490 e. The summed E-state index contributed by atoms with van der Waals surface area (Å²) in [6.07, 6.45) is 6.29. The molecule has 0 heterocycles. The zero-order valence-electron chi connectivity index (χ0n) is 12.3. The number of nitrogens with two attached hydrogens (primary N) is 1. The lowest BCUT2D eigenvalue weighted by Gasteiger charge is -2.15. The number of hydrogen-bond donors (Lipinski definition) is 2. The molecular formula is C16H25N3O. The third-order valence-corrected chi connectivity index (χ3v) is 3.54. The summed E-state index contributed by atoms with van der Waals surface area (Å²) >= 11 is 0. The predicted molar refractivity (Wildman–Crippen MR) is 82.9 cm³/mol. The van der Waals surface area contributed by atoms with E-state index >= 15 is 0 Å². The van der Waals surface area contributed by atoms with Crippen molar-refractivity contribution in [3.8, 4) is 5.75 Å². The van der Waals surface area contributed by atoms with Gasteiger partial charge in [-0.05, 0) is 38.2 Å². The van der Waals surface area contributed by atoms with Crippen LogP contribution in [0.4, 0.5) is 0 Å². The molecule has 0 atom stereocenters. The average Bonchev–Trinajstić information content (AvgIpc) is 2.97. The monoisotopic (exact) mass is 275 g/mol. The Hall–Kier alpha value is -1.71. The fourth-order valence-corrected chi connectivity index (χ4v) is 2.41. The van der Waals surface area contributed by atoms with Crippen LogP contribution >= 0.6 is 0 Å². The van der Waals surface area contributed by atoms with E-state index in [9.17, 15) is 0 Å². The van der Waals surface area contributed by atoms with Crippen LogP contribution in [0.3, 0.4) is 0 Å². The summed E-state index contributed by atoms with van der Waals surface area (Å²) in [4.78, 5) is 4.37. The Labute approximate surface area is 121 Å². The average molecular weight is 275 g/mol. The number of para-hydroxylation sites is 1. The lowest BCUT2D eigenvalue weighted by atomic mass is 10.2. The molecule has 4 heteroatoms. The molecule has 3 N–H and O–H groups in total.